The van der Waals surface area contributed by atoms with Gasteiger partial charge < -0.3 is 15.5 Å². The van der Waals surface area contributed by atoms with Gasteiger partial charge in [0, 0.05) is 29.8 Å². The van der Waals surface area contributed by atoms with Gasteiger partial charge in [-0.1, -0.05) is 17.7 Å². The maximum atomic E-state index is 12.0. The molecule has 0 bridgehead atoms. The number of likely N-dealkylation sites (tertiary alicyclic amines) is 1. The van der Waals surface area contributed by atoms with Crippen LogP contribution < -0.4 is 10.6 Å². The Balaban J connectivity index is 1.97. The third kappa shape index (κ3) is 2.94. The SMILES string of the molecule is CNC1CCN(C(=O)Nc2ccc(C)c(Cl)c2)C1. The fourth-order valence-electron chi connectivity index (χ4n) is 2.05. The largest absolute Gasteiger partial charge is 0.323 e. The molecular weight excluding hydrogens is 250 g/mol. The molecule has 1 atom stereocenters. The summed E-state index contributed by atoms with van der Waals surface area (Å²) in [4.78, 5) is 13.8. The fourth-order valence-corrected chi connectivity index (χ4v) is 2.23. The van der Waals surface area contributed by atoms with Gasteiger partial charge in [0.15, 0.2) is 0 Å². The molecule has 1 aliphatic heterocycles. The van der Waals surface area contributed by atoms with E-state index in [1.165, 1.54) is 0 Å². The number of amides is 2. The first kappa shape index (κ1) is 13.2. The highest BCUT2D eigenvalue weighted by Crippen LogP contribution is 2.20. The summed E-state index contributed by atoms with van der Waals surface area (Å²) in [5.74, 6) is 0. The number of hydrogen-bond acceptors (Lipinski definition) is 2. The van der Waals surface area contributed by atoms with Crippen LogP contribution >= 0.6 is 11.6 Å². The Morgan fingerprint density at radius 2 is 2.28 bits per heavy atom. The standard InChI is InChI=1S/C13H18ClN3O/c1-9-3-4-10(7-12(9)14)16-13(18)17-6-5-11(8-17)15-2/h3-4,7,11,15H,5-6,8H2,1-2H3,(H,16,18). The summed E-state index contributed by atoms with van der Waals surface area (Å²) in [5.41, 5.74) is 1.74. The molecular formula is C13H18ClN3O. The van der Waals surface area contributed by atoms with Crippen molar-refractivity contribution in [2.75, 3.05) is 25.5 Å². The van der Waals surface area contributed by atoms with Gasteiger partial charge in [-0.25, -0.2) is 4.79 Å². The number of hydrogen-bond donors (Lipinski definition) is 2. The van der Waals surface area contributed by atoms with Crippen LogP contribution in [0.15, 0.2) is 18.2 Å². The molecule has 98 valence electrons. The van der Waals surface area contributed by atoms with Crippen LogP contribution in [0.2, 0.25) is 5.02 Å². The molecule has 0 aromatic heterocycles. The summed E-state index contributed by atoms with van der Waals surface area (Å²) in [7, 11) is 1.92. The zero-order chi connectivity index (χ0) is 13.1. The highest BCUT2D eigenvalue weighted by molar-refractivity contribution is 6.31. The minimum absolute atomic E-state index is 0.0623. The van der Waals surface area contributed by atoms with Crippen LogP contribution in [0.3, 0.4) is 0 Å². The molecule has 5 heteroatoms. The smallest absolute Gasteiger partial charge is 0.321 e. The highest BCUT2D eigenvalue weighted by Gasteiger charge is 2.24. The number of rotatable bonds is 2. The molecule has 1 aromatic carbocycles. The van der Waals surface area contributed by atoms with E-state index in [1.807, 2.05) is 31.0 Å². The molecule has 1 heterocycles. The molecule has 0 spiro atoms. The number of nitrogens with zero attached hydrogens (tertiary/aromatic N) is 1. The number of carbonyl (C=O) groups is 1. The third-order valence-electron chi connectivity index (χ3n) is 3.31. The van der Waals surface area contributed by atoms with E-state index in [0.29, 0.717) is 11.1 Å². The first-order valence-electron chi connectivity index (χ1n) is 6.09. The number of likely N-dealkylation sites (N-methyl/N-ethyl adjacent to an activating group) is 1. The summed E-state index contributed by atoms with van der Waals surface area (Å²) in [6, 6.07) is 5.88. The van der Waals surface area contributed by atoms with Gasteiger partial charge in [-0.3, -0.25) is 0 Å². The summed E-state index contributed by atoms with van der Waals surface area (Å²) in [5, 5.41) is 6.73. The van der Waals surface area contributed by atoms with Crippen LogP contribution in [0.4, 0.5) is 10.5 Å². The van der Waals surface area contributed by atoms with Gasteiger partial charge in [0.25, 0.3) is 0 Å². The van der Waals surface area contributed by atoms with Crippen molar-refractivity contribution in [3.8, 4) is 0 Å². The Bertz CT molecular complexity index is 450. The lowest BCUT2D eigenvalue weighted by molar-refractivity contribution is 0.221. The Morgan fingerprint density at radius 3 is 2.89 bits per heavy atom. The van der Waals surface area contributed by atoms with E-state index >= 15 is 0 Å². The fraction of sp³-hybridized carbons (Fsp3) is 0.462. The van der Waals surface area contributed by atoms with Crippen molar-refractivity contribution in [2.24, 2.45) is 0 Å². The minimum Gasteiger partial charge on any atom is -0.323 e. The second-order valence-electron chi connectivity index (χ2n) is 4.61. The van der Waals surface area contributed by atoms with Crippen LogP contribution in [0.25, 0.3) is 0 Å². The normalized spacial score (nSPS) is 19.1. The number of carbonyl (C=O) groups excluding carboxylic acids is 1. The Morgan fingerprint density at radius 1 is 1.50 bits per heavy atom. The van der Waals surface area contributed by atoms with E-state index in [0.717, 1.165) is 30.8 Å². The molecule has 1 saturated heterocycles. The van der Waals surface area contributed by atoms with Gasteiger partial charge in [-0.2, -0.15) is 0 Å². The Labute approximate surface area is 112 Å². The van der Waals surface area contributed by atoms with Crippen LogP contribution in [0.1, 0.15) is 12.0 Å². The monoisotopic (exact) mass is 267 g/mol. The average molecular weight is 268 g/mol. The number of halogens is 1. The zero-order valence-corrected chi connectivity index (χ0v) is 11.4. The molecule has 1 aromatic rings. The molecule has 2 rings (SSSR count). The van der Waals surface area contributed by atoms with Gasteiger partial charge in [0.2, 0.25) is 0 Å². The number of urea groups is 1. The van der Waals surface area contributed by atoms with Crippen LogP contribution in [-0.2, 0) is 0 Å². The molecule has 1 aliphatic rings. The van der Waals surface area contributed by atoms with Crippen LogP contribution in [-0.4, -0.2) is 37.1 Å². The van der Waals surface area contributed by atoms with Crippen molar-refractivity contribution in [1.82, 2.24) is 10.2 Å². The summed E-state index contributed by atoms with van der Waals surface area (Å²) in [6.07, 6.45) is 0.999. The highest BCUT2D eigenvalue weighted by atomic mass is 35.5. The first-order valence-corrected chi connectivity index (χ1v) is 6.47. The first-order chi connectivity index (χ1) is 8.60. The van der Waals surface area contributed by atoms with Crippen molar-refractivity contribution in [1.29, 1.82) is 0 Å². The van der Waals surface area contributed by atoms with Gasteiger partial charge in [0.05, 0.1) is 0 Å². The molecule has 0 radical (unpaired) electrons. The lowest BCUT2D eigenvalue weighted by atomic mass is 10.2. The second kappa shape index (κ2) is 5.59. The van der Waals surface area contributed by atoms with Crippen molar-refractivity contribution >= 4 is 23.3 Å². The molecule has 4 nitrogen and oxygen atoms in total. The average Bonchev–Trinajstić information content (AvgIpc) is 2.82. The topological polar surface area (TPSA) is 44.4 Å². The van der Waals surface area contributed by atoms with Gasteiger partial charge in [-0.05, 0) is 38.1 Å². The maximum Gasteiger partial charge on any atom is 0.321 e. The molecule has 2 amide bonds. The number of aryl methyl sites for hydroxylation is 1. The van der Waals surface area contributed by atoms with Crippen LogP contribution in [0.5, 0.6) is 0 Å². The third-order valence-corrected chi connectivity index (χ3v) is 3.71. The predicted octanol–water partition coefficient (Wildman–Crippen LogP) is 2.47. The van der Waals surface area contributed by atoms with E-state index in [2.05, 4.69) is 10.6 Å². The van der Waals surface area contributed by atoms with E-state index in [9.17, 15) is 4.79 Å². The quantitative estimate of drug-likeness (QED) is 0.865. The minimum atomic E-state index is -0.0623. The molecule has 1 unspecified atom stereocenters. The van der Waals surface area contributed by atoms with Crippen molar-refractivity contribution in [2.45, 2.75) is 19.4 Å². The van der Waals surface area contributed by atoms with E-state index < -0.39 is 0 Å². The zero-order valence-electron chi connectivity index (χ0n) is 10.7. The number of anilines is 1. The number of nitrogens with one attached hydrogen (secondary N) is 2. The van der Waals surface area contributed by atoms with Gasteiger partial charge in [-0.15, -0.1) is 0 Å². The van der Waals surface area contributed by atoms with E-state index in [1.54, 1.807) is 6.07 Å². The Hall–Kier alpha value is -1.26. The van der Waals surface area contributed by atoms with Crippen LogP contribution in [0, 0.1) is 6.92 Å². The van der Waals surface area contributed by atoms with Crippen molar-refractivity contribution < 1.29 is 4.79 Å². The predicted molar refractivity (Wildman–Crippen MR) is 74.2 cm³/mol. The van der Waals surface area contributed by atoms with Gasteiger partial charge >= 0.3 is 6.03 Å². The molecule has 0 aliphatic carbocycles. The second-order valence-corrected chi connectivity index (χ2v) is 5.02. The van der Waals surface area contributed by atoms with Crippen molar-refractivity contribution in [3.63, 3.8) is 0 Å². The summed E-state index contributed by atoms with van der Waals surface area (Å²) < 4.78 is 0. The van der Waals surface area contributed by atoms with E-state index in [4.69, 9.17) is 11.6 Å². The molecule has 1 fully saturated rings. The van der Waals surface area contributed by atoms with Gasteiger partial charge in [0.1, 0.15) is 0 Å². The van der Waals surface area contributed by atoms with E-state index in [-0.39, 0.29) is 6.03 Å². The summed E-state index contributed by atoms with van der Waals surface area (Å²) >= 11 is 6.03. The molecule has 0 saturated carbocycles. The molecule has 2 N–H and O–H groups in total. The lowest BCUT2D eigenvalue weighted by Gasteiger charge is -2.17. The molecule has 18 heavy (non-hydrogen) atoms. The lowest BCUT2D eigenvalue weighted by Crippen LogP contribution is -2.36. The number of benzene rings is 1. The maximum absolute atomic E-state index is 12.0. The van der Waals surface area contributed by atoms with Crippen molar-refractivity contribution in [3.05, 3.63) is 28.8 Å². The Kier molecular flexibility index (Phi) is 4.09. The summed E-state index contributed by atoms with van der Waals surface area (Å²) in [6.45, 7) is 3.48.